The van der Waals surface area contributed by atoms with Crippen molar-refractivity contribution in [2.75, 3.05) is 25.0 Å². The molecule has 4 rings (SSSR count). The molecule has 1 aromatic heterocycles. The molecule has 0 spiro atoms. The molecule has 3 N–H and O–H groups in total. The van der Waals surface area contributed by atoms with Crippen LogP contribution in [0.2, 0.25) is 0 Å². The summed E-state index contributed by atoms with van der Waals surface area (Å²) in [5.41, 5.74) is 4.65. The minimum absolute atomic E-state index is 0. The van der Waals surface area contributed by atoms with Gasteiger partial charge in [0.15, 0.2) is 0 Å². The van der Waals surface area contributed by atoms with Gasteiger partial charge in [-0.3, -0.25) is 4.90 Å². The van der Waals surface area contributed by atoms with Crippen LogP contribution in [0.5, 0.6) is 0 Å². The van der Waals surface area contributed by atoms with Gasteiger partial charge < -0.3 is 10.8 Å². The molecular weight excluding hydrogens is 443 g/mol. The lowest BCUT2D eigenvalue weighted by Crippen LogP contribution is -2.33. The second-order valence-electron chi connectivity index (χ2n) is 8.05. The highest BCUT2D eigenvalue weighted by atomic mass is 35.5. The van der Waals surface area contributed by atoms with Gasteiger partial charge in [0.1, 0.15) is 5.82 Å². The van der Waals surface area contributed by atoms with E-state index in [-0.39, 0.29) is 30.3 Å². The highest BCUT2D eigenvalue weighted by Gasteiger charge is 2.19. The van der Waals surface area contributed by atoms with Crippen molar-refractivity contribution >= 4 is 30.6 Å². The quantitative estimate of drug-likeness (QED) is 0.509. The molecule has 0 aliphatic carbocycles. The van der Waals surface area contributed by atoms with E-state index in [0.717, 1.165) is 41.6 Å². The molecule has 1 aliphatic heterocycles. The van der Waals surface area contributed by atoms with E-state index >= 15 is 0 Å². The molecule has 5 nitrogen and oxygen atoms in total. The Bertz CT molecular complexity index is 904. The zero-order chi connectivity index (χ0) is 19.9. The van der Waals surface area contributed by atoms with Crippen LogP contribution in [0.4, 0.5) is 5.82 Å². The standard InChI is InChI=1S/C25H30N4.2ClH.H2O/c1-20-18-24(27-28-25(20)23-10-6-3-7-11-23)26-15-12-21-13-16-29(17-14-21)19-22-8-4-2-5-9-22;;;/h2-11,18,21H,12-17,19H2,1H3,(H,26,27);2*1H;1H2. The summed E-state index contributed by atoms with van der Waals surface area (Å²) in [7, 11) is 0. The molecule has 0 saturated carbocycles. The normalized spacial score (nSPS) is 13.9. The van der Waals surface area contributed by atoms with Gasteiger partial charge in [-0.15, -0.1) is 35.0 Å². The maximum atomic E-state index is 4.44. The van der Waals surface area contributed by atoms with Gasteiger partial charge in [0, 0.05) is 18.7 Å². The third kappa shape index (κ3) is 7.75. The van der Waals surface area contributed by atoms with E-state index in [1.54, 1.807) is 0 Å². The lowest BCUT2D eigenvalue weighted by molar-refractivity contribution is 0.174. The average molecular weight is 477 g/mol. The zero-order valence-corrected chi connectivity index (χ0v) is 20.2. The Morgan fingerprint density at radius 3 is 2.16 bits per heavy atom. The van der Waals surface area contributed by atoms with Crippen LogP contribution in [-0.2, 0) is 6.54 Å². The molecule has 3 aromatic rings. The summed E-state index contributed by atoms with van der Waals surface area (Å²) >= 11 is 0. The Morgan fingerprint density at radius 2 is 1.53 bits per heavy atom. The number of aryl methyl sites for hydroxylation is 1. The molecule has 7 heteroatoms. The zero-order valence-electron chi connectivity index (χ0n) is 18.5. The van der Waals surface area contributed by atoms with Crippen molar-refractivity contribution in [1.82, 2.24) is 15.1 Å². The van der Waals surface area contributed by atoms with E-state index in [4.69, 9.17) is 0 Å². The van der Waals surface area contributed by atoms with Crippen LogP contribution in [-0.4, -0.2) is 40.2 Å². The Balaban J connectivity index is 0.00000171. The van der Waals surface area contributed by atoms with Crippen molar-refractivity contribution in [3.63, 3.8) is 0 Å². The summed E-state index contributed by atoms with van der Waals surface area (Å²) in [5.74, 6) is 1.68. The fourth-order valence-electron chi connectivity index (χ4n) is 4.13. The number of nitrogens with zero attached hydrogens (tertiary/aromatic N) is 3. The summed E-state index contributed by atoms with van der Waals surface area (Å²) in [5, 5.41) is 12.3. The largest absolute Gasteiger partial charge is 0.412 e. The molecule has 2 heterocycles. The highest BCUT2D eigenvalue weighted by Crippen LogP contribution is 2.23. The van der Waals surface area contributed by atoms with Gasteiger partial charge in [-0.25, -0.2) is 0 Å². The third-order valence-electron chi connectivity index (χ3n) is 5.85. The number of nitrogens with one attached hydrogen (secondary N) is 1. The van der Waals surface area contributed by atoms with Gasteiger partial charge in [0.05, 0.1) is 5.69 Å². The third-order valence-corrected chi connectivity index (χ3v) is 5.85. The molecule has 0 bridgehead atoms. The van der Waals surface area contributed by atoms with Gasteiger partial charge in [-0.1, -0.05) is 60.7 Å². The van der Waals surface area contributed by atoms with Crippen molar-refractivity contribution in [2.24, 2.45) is 5.92 Å². The van der Waals surface area contributed by atoms with Crippen LogP contribution in [0.25, 0.3) is 11.3 Å². The highest BCUT2D eigenvalue weighted by molar-refractivity contribution is 5.85. The van der Waals surface area contributed by atoms with Crippen molar-refractivity contribution in [3.05, 3.63) is 77.9 Å². The number of anilines is 1. The Kier molecular flexibility index (Phi) is 12.2. The van der Waals surface area contributed by atoms with Gasteiger partial charge in [-0.05, 0) is 62.4 Å². The van der Waals surface area contributed by atoms with Crippen LogP contribution in [0.1, 0.15) is 30.4 Å². The molecule has 0 amide bonds. The van der Waals surface area contributed by atoms with Crippen molar-refractivity contribution in [3.8, 4) is 11.3 Å². The molecule has 1 saturated heterocycles. The summed E-state index contributed by atoms with van der Waals surface area (Å²) in [6, 6.07) is 23.2. The maximum Gasteiger partial charge on any atom is 0.148 e. The first-order chi connectivity index (χ1) is 14.3. The number of benzene rings is 2. The first kappa shape index (κ1) is 27.9. The Morgan fingerprint density at radius 1 is 0.906 bits per heavy atom. The minimum atomic E-state index is 0. The van der Waals surface area contributed by atoms with E-state index in [2.05, 4.69) is 75.9 Å². The van der Waals surface area contributed by atoms with Gasteiger partial charge in [-0.2, -0.15) is 0 Å². The lowest BCUT2D eigenvalue weighted by Gasteiger charge is -2.32. The van der Waals surface area contributed by atoms with Gasteiger partial charge >= 0.3 is 0 Å². The fraction of sp³-hybridized carbons (Fsp3) is 0.360. The van der Waals surface area contributed by atoms with Crippen molar-refractivity contribution in [1.29, 1.82) is 0 Å². The van der Waals surface area contributed by atoms with Crippen molar-refractivity contribution < 1.29 is 5.48 Å². The second kappa shape index (κ2) is 14.1. The number of piperidine rings is 1. The summed E-state index contributed by atoms with van der Waals surface area (Å²) in [6.45, 7) is 6.54. The van der Waals surface area contributed by atoms with E-state index in [0.29, 0.717) is 0 Å². The number of rotatable bonds is 7. The maximum absolute atomic E-state index is 4.44. The number of halogens is 2. The molecule has 0 radical (unpaired) electrons. The lowest BCUT2D eigenvalue weighted by atomic mass is 9.93. The minimum Gasteiger partial charge on any atom is -0.412 e. The summed E-state index contributed by atoms with van der Waals surface area (Å²) in [6.07, 6.45) is 3.76. The van der Waals surface area contributed by atoms with Crippen LogP contribution >= 0.6 is 24.8 Å². The summed E-state index contributed by atoms with van der Waals surface area (Å²) in [4.78, 5) is 2.58. The molecule has 32 heavy (non-hydrogen) atoms. The second-order valence-corrected chi connectivity index (χ2v) is 8.05. The van der Waals surface area contributed by atoms with Crippen LogP contribution in [0.15, 0.2) is 66.7 Å². The van der Waals surface area contributed by atoms with E-state index in [9.17, 15) is 0 Å². The molecule has 1 fully saturated rings. The molecule has 1 aliphatic rings. The first-order valence-electron chi connectivity index (χ1n) is 10.7. The molecule has 174 valence electrons. The van der Waals surface area contributed by atoms with E-state index in [1.807, 2.05) is 18.2 Å². The Hall–Kier alpha value is -2.18. The Labute approximate surface area is 203 Å². The number of hydrogen-bond donors (Lipinski definition) is 1. The smallest absolute Gasteiger partial charge is 0.148 e. The van der Waals surface area contributed by atoms with Crippen LogP contribution < -0.4 is 5.32 Å². The fourth-order valence-corrected chi connectivity index (χ4v) is 4.13. The van der Waals surface area contributed by atoms with Crippen LogP contribution in [0.3, 0.4) is 0 Å². The molecular formula is C25H34Cl2N4O. The predicted octanol–water partition coefficient (Wildman–Crippen LogP) is 5.19. The molecule has 0 unspecified atom stereocenters. The molecule has 2 aromatic carbocycles. The van der Waals surface area contributed by atoms with Crippen LogP contribution in [0, 0.1) is 12.8 Å². The topological polar surface area (TPSA) is 72.5 Å². The average Bonchev–Trinajstić information content (AvgIpc) is 2.76. The van der Waals surface area contributed by atoms with Crippen molar-refractivity contribution in [2.45, 2.75) is 32.7 Å². The van der Waals surface area contributed by atoms with Gasteiger partial charge in [0.2, 0.25) is 0 Å². The number of likely N-dealkylation sites (tertiary alicyclic amines) is 1. The SMILES string of the molecule is Cc1cc(NCCC2CCN(Cc3ccccc3)CC2)nnc1-c1ccccc1.Cl.Cl.O. The number of aromatic nitrogens is 2. The van der Waals surface area contributed by atoms with E-state index in [1.165, 1.54) is 37.9 Å². The monoisotopic (exact) mass is 476 g/mol. The predicted molar refractivity (Wildman–Crippen MR) is 138 cm³/mol. The van der Waals surface area contributed by atoms with Gasteiger partial charge in [0.25, 0.3) is 0 Å². The number of hydrogen-bond acceptors (Lipinski definition) is 4. The first-order valence-corrected chi connectivity index (χ1v) is 10.7. The molecule has 0 atom stereocenters. The summed E-state index contributed by atoms with van der Waals surface area (Å²) < 4.78 is 0. The van der Waals surface area contributed by atoms with E-state index < -0.39 is 0 Å².